The molecule has 16 heavy (non-hydrogen) atoms. The third-order valence-corrected chi connectivity index (χ3v) is 1.84. The highest BCUT2D eigenvalue weighted by molar-refractivity contribution is 5.64. The average molecular weight is 220 g/mol. The molecule has 0 unspecified atom stereocenters. The van der Waals surface area contributed by atoms with Crippen LogP contribution in [0.5, 0.6) is 0 Å². The van der Waals surface area contributed by atoms with Crippen LogP contribution in [0.15, 0.2) is 18.3 Å². The highest BCUT2D eigenvalue weighted by Gasteiger charge is 2.01. The van der Waals surface area contributed by atoms with Crippen LogP contribution in [0, 0.1) is 11.3 Å². The molecule has 0 aliphatic rings. The molecule has 1 aromatic rings. The summed E-state index contributed by atoms with van der Waals surface area (Å²) in [7, 11) is 0. The summed E-state index contributed by atoms with van der Waals surface area (Å²) in [5.74, 6) is 0. The zero-order chi connectivity index (χ0) is 11.8. The van der Waals surface area contributed by atoms with Crippen LogP contribution in [-0.2, 0) is 11.3 Å². The largest absolute Gasteiger partial charge is 0.448 e. The lowest BCUT2D eigenvalue weighted by Crippen LogP contribution is -2.23. The maximum Gasteiger partial charge on any atom is 0.404 e. The first-order valence-corrected chi connectivity index (χ1v) is 4.71. The lowest BCUT2D eigenvalue weighted by atomic mass is 10.2. The van der Waals surface area contributed by atoms with E-state index in [-0.39, 0.29) is 6.61 Å². The van der Waals surface area contributed by atoms with Gasteiger partial charge in [-0.3, -0.25) is 0 Å². The Labute approximate surface area is 93.0 Å². The van der Waals surface area contributed by atoms with Gasteiger partial charge < -0.3 is 15.8 Å². The summed E-state index contributed by atoms with van der Waals surface area (Å²) in [6.45, 7) is 1.18. The van der Waals surface area contributed by atoms with Crippen LogP contribution in [0.2, 0.25) is 0 Å². The molecule has 0 aromatic carbocycles. The molecule has 1 rings (SSSR count). The van der Waals surface area contributed by atoms with E-state index in [1.165, 1.54) is 0 Å². The summed E-state index contributed by atoms with van der Waals surface area (Å²) in [4.78, 5) is 14.2. The standard InChI is InChI=1S/C10H12N4O2/c11-6-9-8(2-1-3-14-9)7-13-4-5-16-10(12)15/h1-3,13H,4-5,7H2,(H2,12,15). The summed E-state index contributed by atoms with van der Waals surface area (Å²) in [6.07, 6.45) is 0.777. The van der Waals surface area contributed by atoms with Gasteiger partial charge in [-0.1, -0.05) is 6.07 Å². The van der Waals surface area contributed by atoms with Gasteiger partial charge in [0.2, 0.25) is 0 Å². The summed E-state index contributed by atoms with van der Waals surface area (Å²) < 4.78 is 4.53. The number of nitrogens with one attached hydrogen (secondary N) is 1. The number of primary amides is 1. The van der Waals surface area contributed by atoms with Crippen molar-refractivity contribution in [1.29, 1.82) is 5.26 Å². The first-order valence-electron chi connectivity index (χ1n) is 4.71. The van der Waals surface area contributed by atoms with Crippen molar-refractivity contribution in [2.45, 2.75) is 6.54 Å². The molecule has 84 valence electrons. The van der Waals surface area contributed by atoms with Crippen molar-refractivity contribution < 1.29 is 9.53 Å². The van der Waals surface area contributed by atoms with Crippen LogP contribution >= 0.6 is 0 Å². The molecule has 6 heteroatoms. The Bertz CT molecular complexity index is 400. The van der Waals surface area contributed by atoms with E-state index in [0.29, 0.717) is 18.8 Å². The van der Waals surface area contributed by atoms with E-state index in [4.69, 9.17) is 11.0 Å². The summed E-state index contributed by atoms with van der Waals surface area (Å²) in [5.41, 5.74) is 5.99. The van der Waals surface area contributed by atoms with Gasteiger partial charge in [-0.25, -0.2) is 9.78 Å². The van der Waals surface area contributed by atoms with Gasteiger partial charge in [-0.15, -0.1) is 0 Å². The minimum absolute atomic E-state index is 0.206. The number of carbonyl (C=O) groups is 1. The molecule has 0 bridgehead atoms. The molecular weight excluding hydrogens is 208 g/mol. The van der Waals surface area contributed by atoms with Gasteiger partial charge in [-0.05, 0) is 6.07 Å². The summed E-state index contributed by atoms with van der Waals surface area (Å²) >= 11 is 0. The zero-order valence-corrected chi connectivity index (χ0v) is 8.64. The van der Waals surface area contributed by atoms with E-state index in [1.807, 2.05) is 12.1 Å². The number of rotatable bonds is 5. The Balaban J connectivity index is 2.32. The molecule has 1 aromatic heterocycles. The number of aromatic nitrogens is 1. The van der Waals surface area contributed by atoms with Gasteiger partial charge in [0, 0.05) is 24.8 Å². The second kappa shape index (κ2) is 6.37. The lowest BCUT2D eigenvalue weighted by molar-refractivity contribution is 0.157. The number of carbonyl (C=O) groups excluding carboxylic acids is 1. The topological polar surface area (TPSA) is 101 Å². The Morgan fingerprint density at radius 1 is 1.69 bits per heavy atom. The quantitative estimate of drug-likeness (QED) is 0.687. The fourth-order valence-electron chi connectivity index (χ4n) is 1.13. The number of hydrogen-bond acceptors (Lipinski definition) is 5. The molecule has 3 N–H and O–H groups in total. The highest BCUT2D eigenvalue weighted by Crippen LogP contribution is 2.02. The summed E-state index contributed by atoms with van der Waals surface area (Å²) in [5, 5.41) is 11.8. The number of nitriles is 1. The van der Waals surface area contributed by atoms with Crippen molar-refractivity contribution in [2.75, 3.05) is 13.2 Å². The van der Waals surface area contributed by atoms with Crippen LogP contribution in [0.4, 0.5) is 4.79 Å². The van der Waals surface area contributed by atoms with Crippen molar-refractivity contribution in [2.24, 2.45) is 5.73 Å². The van der Waals surface area contributed by atoms with Crippen molar-refractivity contribution in [3.05, 3.63) is 29.6 Å². The predicted octanol–water partition coefficient (Wildman–Crippen LogP) is 0.138. The van der Waals surface area contributed by atoms with Gasteiger partial charge in [0.25, 0.3) is 0 Å². The van der Waals surface area contributed by atoms with Crippen LogP contribution in [-0.4, -0.2) is 24.2 Å². The smallest absolute Gasteiger partial charge is 0.404 e. The van der Waals surface area contributed by atoms with Crippen molar-refractivity contribution >= 4 is 6.09 Å². The average Bonchev–Trinajstić information content (AvgIpc) is 2.29. The van der Waals surface area contributed by atoms with E-state index < -0.39 is 6.09 Å². The van der Waals surface area contributed by atoms with Crippen molar-refractivity contribution in [3.8, 4) is 6.07 Å². The number of nitrogens with two attached hydrogens (primary N) is 1. The monoisotopic (exact) mass is 220 g/mol. The number of ether oxygens (including phenoxy) is 1. The van der Waals surface area contributed by atoms with Crippen LogP contribution in [0.25, 0.3) is 0 Å². The van der Waals surface area contributed by atoms with Crippen molar-refractivity contribution in [1.82, 2.24) is 10.3 Å². The van der Waals surface area contributed by atoms with E-state index in [9.17, 15) is 4.79 Å². The third-order valence-electron chi connectivity index (χ3n) is 1.84. The number of pyridine rings is 1. The maximum absolute atomic E-state index is 10.3. The molecule has 0 saturated heterocycles. The molecule has 0 saturated carbocycles. The van der Waals surface area contributed by atoms with Gasteiger partial charge >= 0.3 is 6.09 Å². The van der Waals surface area contributed by atoms with Crippen LogP contribution in [0.3, 0.4) is 0 Å². The molecule has 0 atom stereocenters. The van der Waals surface area contributed by atoms with E-state index in [0.717, 1.165) is 5.56 Å². The Morgan fingerprint density at radius 2 is 2.50 bits per heavy atom. The number of nitrogens with zero attached hydrogens (tertiary/aromatic N) is 2. The molecule has 1 amide bonds. The second-order valence-corrected chi connectivity index (χ2v) is 2.97. The van der Waals surface area contributed by atoms with Gasteiger partial charge in [-0.2, -0.15) is 5.26 Å². The SMILES string of the molecule is N#Cc1ncccc1CNCCOC(N)=O. The minimum Gasteiger partial charge on any atom is -0.448 e. The first kappa shape index (κ1) is 11.9. The van der Waals surface area contributed by atoms with Gasteiger partial charge in [0.1, 0.15) is 18.4 Å². The van der Waals surface area contributed by atoms with Gasteiger partial charge in [0.05, 0.1) is 0 Å². The van der Waals surface area contributed by atoms with Crippen LogP contribution < -0.4 is 11.1 Å². The molecule has 0 fully saturated rings. The highest BCUT2D eigenvalue weighted by atomic mass is 16.5. The Hall–Kier alpha value is -2.13. The Kier molecular flexibility index (Phi) is 4.76. The maximum atomic E-state index is 10.3. The first-order chi connectivity index (χ1) is 7.74. The Morgan fingerprint density at radius 3 is 3.19 bits per heavy atom. The second-order valence-electron chi connectivity index (χ2n) is 2.97. The normalized spacial score (nSPS) is 9.44. The van der Waals surface area contributed by atoms with E-state index >= 15 is 0 Å². The van der Waals surface area contributed by atoms with Crippen LogP contribution in [0.1, 0.15) is 11.3 Å². The molecular formula is C10H12N4O2. The zero-order valence-electron chi connectivity index (χ0n) is 8.64. The molecule has 0 spiro atoms. The molecule has 0 aliphatic heterocycles. The molecule has 1 heterocycles. The minimum atomic E-state index is -0.791. The van der Waals surface area contributed by atoms with Crippen molar-refractivity contribution in [3.63, 3.8) is 0 Å². The summed E-state index contributed by atoms with van der Waals surface area (Å²) in [6, 6.07) is 5.57. The molecule has 6 nitrogen and oxygen atoms in total. The number of hydrogen-bond donors (Lipinski definition) is 2. The van der Waals surface area contributed by atoms with E-state index in [1.54, 1.807) is 12.3 Å². The molecule has 0 radical (unpaired) electrons. The molecule has 0 aliphatic carbocycles. The predicted molar refractivity (Wildman–Crippen MR) is 56.2 cm³/mol. The fraction of sp³-hybridized carbons (Fsp3) is 0.300. The number of amides is 1. The lowest BCUT2D eigenvalue weighted by Gasteiger charge is -2.05. The van der Waals surface area contributed by atoms with E-state index in [2.05, 4.69) is 15.0 Å². The fourth-order valence-corrected chi connectivity index (χ4v) is 1.13. The third kappa shape index (κ3) is 3.94. The van der Waals surface area contributed by atoms with Gasteiger partial charge in [0.15, 0.2) is 0 Å².